The van der Waals surface area contributed by atoms with E-state index in [1.165, 1.54) is 102 Å². The molecular weight excluding hydrogens is 362 g/mol. The first kappa shape index (κ1) is 25.8. The van der Waals surface area contributed by atoms with Crippen LogP contribution in [-0.4, -0.2) is 18.1 Å². The van der Waals surface area contributed by atoms with Gasteiger partial charge in [-0.2, -0.15) is 0 Å². The molecule has 3 heteroatoms. The number of carbonyl (C=O) groups is 1. The molecule has 1 aliphatic rings. The average Bonchev–Trinajstić information content (AvgIpc) is 2.73. The Hall–Kier alpha value is -0.280. The molecule has 0 amide bonds. The van der Waals surface area contributed by atoms with Crippen LogP contribution in [0.1, 0.15) is 116 Å². The standard InChI is InChI=1S/C25H47NOS/c1-3-5-7-8-9-10-11-12-13-17-21-28-26-22-24(25(27)20-6-4-2)23-18-15-14-16-19-23/h4,23-24,26H,2-3,5-22H2,1H3. The molecule has 1 fully saturated rings. The Labute approximate surface area is 180 Å². The third kappa shape index (κ3) is 13.0. The third-order valence-electron chi connectivity index (χ3n) is 6.23. The molecule has 0 bridgehead atoms. The van der Waals surface area contributed by atoms with Crippen molar-refractivity contribution in [1.29, 1.82) is 0 Å². The Morgan fingerprint density at radius 3 is 2.21 bits per heavy atom. The van der Waals surface area contributed by atoms with E-state index in [1.54, 1.807) is 0 Å². The highest BCUT2D eigenvalue weighted by Crippen LogP contribution is 2.31. The van der Waals surface area contributed by atoms with Crippen LogP contribution in [-0.2, 0) is 4.79 Å². The molecule has 0 aromatic rings. The Balaban J connectivity index is 2.05. The molecular formula is C25H47NOS. The van der Waals surface area contributed by atoms with Crippen molar-refractivity contribution in [2.45, 2.75) is 116 Å². The van der Waals surface area contributed by atoms with E-state index in [-0.39, 0.29) is 5.92 Å². The Bertz CT molecular complexity index is 379. The molecule has 1 saturated carbocycles. The minimum Gasteiger partial charge on any atom is -0.299 e. The monoisotopic (exact) mass is 409 g/mol. The largest absolute Gasteiger partial charge is 0.299 e. The predicted octanol–water partition coefficient (Wildman–Crippen LogP) is 7.88. The minimum atomic E-state index is 0.223. The lowest BCUT2D eigenvalue weighted by molar-refractivity contribution is -0.124. The van der Waals surface area contributed by atoms with Gasteiger partial charge in [0.1, 0.15) is 5.78 Å². The molecule has 28 heavy (non-hydrogen) atoms. The number of Topliss-reactive ketones (excluding diaryl/α,β-unsaturated/α-hetero) is 1. The van der Waals surface area contributed by atoms with Crippen LogP contribution in [0, 0.1) is 11.8 Å². The van der Waals surface area contributed by atoms with Crippen molar-refractivity contribution in [2.24, 2.45) is 11.8 Å². The molecule has 0 radical (unpaired) electrons. The highest BCUT2D eigenvalue weighted by molar-refractivity contribution is 7.97. The molecule has 0 aromatic carbocycles. The molecule has 1 rings (SSSR count). The van der Waals surface area contributed by atoms with E-state index in [1.807, 2.05) is 18.0 Å². The topological polar surface area (TPSA) is 29.1 Å². The van der Waals surface area contributed by atoms with E-state index in [2.05, 4.69) is 18.2 Å². The zero-order chi connectivity index (χ0) is 20.3. The van der Waals surface area contributed by atoms with Crippen molar-refractivity contribution >= 4 is 17.7 Å². The Kier molecular flexibility index (Phi) is 17.2. The lowest BCUT2D eigenvalue weighted by Crippen LogP contribution is -2.33. The molecule has 2 nitrogen and oxygen atoms in total. The lowest BCUT2D eigenvalue weighted by Gasteiger charge is -2.29. The maximum atomic E-state index is 12.7. The summed E-state index contributed by atoms with van der Waals surface area (Å²) in [5.41, 5.74) is 0. The predicted molar refractivity (Wildman–Crippen MR) is 127 cm³/mol. The van der Waals surface area contributed by atoms with E-state index >= 15 is 0 Å². The summed E-state index contributed by atoms with van der Waals surface area (Å²) in [6.07, 6.45) is 23.7. The number of allylic oxidation sites excluding steroid dienone is 1. The average molecular weight is 410 g/mol. The van der Waals surface area contributed by atoms with Crippen LogP contribution in [0.25, 0.3) is 0 Å². The van der Waals surface area contributed by atoms with E-state index in [0.29, 0.717) is 18.1 Å². The summed E-state index contributed by atoms with van der Waals surface area (Å²) < 4.78 is 3.54. The summed E-state index contributed by atoms with van der Waals surface area (Å²) in [5, 5.41) is 0. The van der Waals surface area contributed by atoms with Crippen molar-refractivity contribution in [3.8, 4) is 0 Å². The summed E-state index contributed by atoms with van der Waals surface area (Å²) in [4.78, 5) is 12.7. The molecule has 1 N–H and O–H groups in total. The van der Waals surface area contributed by atoms with Crippen LogP contribution < -0.4 is 4.72 Å². The van der Waals surface area contributed by atoms with Gasteiger partial charge in [0.15, 0.2) is 0 Å². The number of ketones is 1. The van der Waals surface area contributed by atoms with Crippen LogP contribution in [0.15, 0.2) is 12.7 Å². The normalized spacial score (nSPS) is 16.2. The van der Waals surface area contributed by atoms with E-state index in [9.17, 15) is 4.79 Å². The maximum Gasteiger partial charge on any atom is 0.137 e. The van der Waals surface area contributed by atoms with Crippen molar-refractivity contribution in [1.82, 2.24) is 4.72 Å². The highest BCUT2D eigenvalue weighted by Gasteiger charge is 2.28. The third-order valence-corrected chi connectivity index (χ3v) is 7.10. The van der Waals surface area contributed by atoms with E-state index in [0.717, 1.165) is 13.0 Å². The van der Waals surface area contributed by atoms with Crippen LogP contribution >= 0.6 is 11.9 Å². The van der Waals surface area contributed by atoms with Gasteiger partial charge in [0.25, 0.3) is 0 Å². The first-order valence-electron chi connectivity index (χ1n) is 12.3. The zero-order valence-electron chi connectivity index (χ0n) is 18.7. The van der Waals surface area contributed by atoms with Crippen LogP contribution in [0.2, 0.25) is 0 Å². The smallest absolute Gasteiger partial charge is 0.137 e. The van der Waals surface area contributed by atoms with Gasteiger partial charge in [0.2, 0.25) is 0 Å². The quantitative estimate of drug-likeness (QED) is 0.134. The van der Waals surface area contributed by atoms with Gasteiger partial charge in [0, 0.05) is 24.6 Å². The van der Waals surface area contributed by atoms with Crippen molar-refractivity contribution < 1.29 is 4.79 Å². The molecule has 1 atom stereocenters. The fraction of sp³-hybridized carbons (Fsp3) is 0.880. The van der Waals surface area contributed by atoms with Crippen molar-refractivity contribution in [2.75, 3.05) is 12.3 Å². The zero-order valence-corrected chi connectivity index (χ0v) is 19.5. The van der Waals surface area contributed by atoms with Crippen molar-refractivity contribution in [3.05, 3.63) is 12.7 Å². The minimum absolute atomic E-state index is 0.223. The van der Waals surface area contributed by atoms with Gasteiger partial charge < -0.3 is 0 Å². The second-order valence-corrected chi connectivity index (χ2v) is 9.66. The van der Waals surface area contributed by atoms with Gasteiger partial charge in [-0.15, -0.1) is 6.58 Å². The number of rotatable bonds is 19. The number of hydrogen-bond acceptors (Lipinski definition) is 3. The maximum absolute atomic E-state index is 12.7. The molecule has 0 heterocycles. The van der Waals surface area contributed by atoms with Crippen LogP contribution in [0.4, 0.5) is 0 Å². The van der Waals surface area contributed by atoms with Crippen molar-refractivity contribution in [3.63, 3.8) is 0 Å². The van der Waals surface area contributed by atoms with E-state index in [4.69, 9.17) is 0 Å². The SMILES string of the molecule is C=CCCC(=O)C(CNSCCCCCCCCCCCC)C1CCCCC1. The van der Waals surface area contributed by atoms with Gasteiger partial charge in [0.05, 0.1) is 0 Å². The second kappa shape index (κ2) is 18.7. The van der Waals surface area contributed by atoms with Gasteiger partial charge in [-0.1, -0.05) is 102 Å². The van der Waals surface area contributed by atoms with Gasteiger partial charge in [-0.3, -0.25) is 9.52 Å². The first-order valence-corrected chi connectivity index (χ1v) is 13.3. The van der Waals surface area contributed by atoms with Gasteiger partial charge >= 0.3 is 0 Å². The van der Waals surface area contributed by atoms with Crippen LogP contribution in [0.5, 0.6) is 0 Å². The summed E-state index contributed by atoms with van der Waals surface area (Å²) in [5.74, 6) is 2.46. The van der Waals surface area contributed by atoms with E-state index < -0.39 is 0 Å². The van der Waals surface area contributed by atoms with Gasteiger partial charge in [-0.05, 0) is 31.6 Å². The number of hydrogen-bond donors (Lipinski definition) is 1. The molecule has 0 aliphatic heterocycles. The van der Waals surface area contributed by atoms with Crippen LogP contribution in [0.3, 0.4) is 0 Å². The molecule has 0 aromatic heterocycles. The summed E-state index contributed by atoms with van der Waals surface area (Å²) in [6, 6.07) is 0. The summed E-state index contributed by atoms with van der Waals surface area (Å²) in [6.45, 7) is 6.92. The Morgan fingerprint density at radius 1 is 1.00 bits per heavy atom. The molecule has 0 saturated heterocycles. The number of unbranched alkanes of at least 4 members (excludes halogenated alkanes) is 9. The molecule has 164 valence electrons. The lowest BCUT2D eigenvalue weighted by atomic mass is 9.77. The Morgan fingerprint density at radius 2 is 1.61 bits per heavy atom. The molecule has 1 unspecified atom stereocenters. The first-order chi connectivity index (χ1) is 13.8. The molecule has 1 aliphatic carbocycles. The van der Waals surface area contributed by atoms with Gasteiger partial charge in [-0.25, -0.2) is 0 Å². The number of carbonyl (C=O) groups excluding carboxylic acids is 1. The summed E-state index contributed by atoms with van der Waals surface area (Å²) >= 11 is 1.84. The fourth-order valence-corrected chi connectivity index (χ4v) is 5.18. The second-order valence-electron chi connectivity index (χ2n) is 8.68. The number of nitrogens with one attached hydrogen (secondary N) is 1. The summed E-state index contributed by atoms with van der Waals surface area (Å²) in [7, 11) is 0. The highest BCUT2D eigenvalue weighted by atomic mass is 32.2. The molecule has 0 spiro atoms. The fourth-order valence-electron chi connectivity index (χ4n) is 4.39.